The van der Waals surface area contributed by atoms with E-state index in [0.717, 1.165) is 6.42 Å². The van der Waals surface area contributed by atoms with Crippen molar-refractivity contribution >= 4 is 5.78 Å². The molecule has 0 amide bonds. The molecule has 1 atom stereocenters. The molecule has 1 aliphatic rings. The lowest BCUT2D eigenvalue weighted by molar-refractivity contribution is -0.115. The molecule has 0 fully saturated rings. The fraction of sp³-hybridized carbons (Fsp3) is 0.231. The van der Waals surface area contributed by atoms with E-state index in [1.807, 2.05) is 30.3 Å². The minimum Gasteiger partial charge on any atom is -0.295 e. The van der Waals surface area contributed by atoms with Crippen LogP contribution in [0.15, 0.2) is 36.4 Å². The summed E-state index contributed by atoms with van der Waals surface area (Å²) in [6, 6.07) is 9.65. The molecule has 0 N–H and O–H groups in total. The largest absolute Gasteiger partial charge is 0.295 e. The van der Waals surface area contributed by atoms with Gasteiger partial charge in [0.1, 0.15) is 0 Å². The Morgan fingerprint density at radius 3 is 2.53 bits per heavy atom. The van der Waals surface area contributed by atoms with Gasteiger partial charge in [-0.3, -0.25) is 4.79 Å². The van der Waals surface area contributed by atoms with E-state index in [2.05, 4.69) is 6.07 Å². The van der Waals surface area contributed by atoms with Crippen molar-refractivity contribution in [2.45, 2.75) is 18.8 Å². The number of benzene rings is 1. The van der Waals surface area contributed by atoms with Crippen LogP contribution in [0.2, 0.25) is 0 Å². The molecule has 15 heavy (non-hydrogen) atoms. The first-order valence-electron chi connectivity index (χ1n) is 5.00. The van der Waals surface area contributed by atoms with Crippen molar-refractivity contribution in [3.8, 4) is 6.07 Å². The van der Waals surface area contributed by atoms with Crippen molar-refractivity contribution in [1.29, 1.82) is 5.26 Å². The monoisotopic (exact) mass is 197 g/mol. The Morgan fingerprint density at radius 2 is 2.00 bits per heavy atom. The third-order valence-electron chi connectivity index (χ3n) is 2.68. The second kappa shape index (κ2) is 4.10. The maximum absolute atomic E-state index is 11.0. The first-order chi connectivity index (χ1) is 7.29. The van der Waals surface area contributed by atoms with E-state index < -0.39 is 0 Å². The summed E-state index contributed by atoms with van der Waals surface area (Å²) in [5, 5.41) is 8.66. The van der Waals surface area contributed by atoms with Gasteiger partial charge in [0, 0.05) is 12.3 Å². The van der Waals surface area contributed by atoms with E-state index in [4.69, 9.17) is 5.26 Å². The van der Waals surface area contributed by atoms with E-state index in [1.54, 1.807) is 6.08 Å². The Bertz CT molecular complexity index is 437. The third-order valence-corrected chi connectivity index (χ3v) is 2.68. The summed E-state index contributed by atoms with van der Waals surface area (Å²) in [7, 11) is 0. The molecule has 0 spiro atoms. The highest BCUT2D eigenvalue weighted by atomic mass is 16.1. The van der Waals surface area contributed by atoms with Crippen LogP contribution in [0.4, 0.5) is 0 Å². The summed E-state index contributed by atoms with van der Waals surface area (Å²) in [5.41, 5.74) is 1.85. The van der Waals surface area contributed by atoms with Crippen molar-refractivity contribution in [2.24, 2.45) is 0 Å². The molecule has 0 bridgehead atoms. The summed E-state index contributed by atoms with van der Waals surface area (Å²) in [5.74, 6) is 0.537. The molecule has 2 nitrogen and oxygen atoms in total. The van der Waals surface area contributed by atoms with Gasteiger partial charge in [-0.05, 0) is 30.2 Å². The van der Waals surface area contributed by atoms with E-state index in [1.165, 1.54) is 5.56 Å². The number of allylic oxidation sites excluding steroid dienone is 2. The SMILES string of the molecule is N#Cc1ccc(C2C=CC(=O)CC2)cc1. The second-order valence-electron chi connectivity index (χ2n) is 3.70. The molecule has 0 aromatic heterocycles. The van der Waals surface area contributed by atoms with Crippen molar-refractivity contribution in [3.05, 3.63) is 47.5 Å². The normalized spacial score (nSPS) is 19.9. The lowest BCUT2D eigenvalue weighted by atomic mass is 9.88. The van der Waals surface area contributed by atoms with Gasteiger partial charge in [0.25, 0.3) is 0 Å². The highest BCUT2D eigenvalue weighted by Gasteiger charge is 2.14. The maximum Gasteiger partial charge on any atom is 0.155 e. The molecule has 2 rings (SSSR count). The van der Waals surface area contributed by atoms with Gasteiger partial charge in [0.15, 0.2) is 5.78 Å². The number of carbonyl (C=O) groups is 1. The molecule has 0 radical (unpaired) electrons. The minimum atomic E-state index is 0.208. The van der Waals surface area contributed by atoms with Crippen LogP contribution in [0.1, 0.15) is 29.9 Å². The molecule has 0 saturated carbocycles. The maximum atomic E-state index is 11.0. The number of nitriles is 1. The van der Waals surface area contributed by atoms with Gasteiger partial charge >= 0.3 is 0 Å². The molecule has 1 aromatic carbocycles. The smallest absolute Gasteiger partial charge is 0.155 e. The molecular weight excluding hydrogens is 186 g/mol. The standard InChI is InChI=1S/C13H11NO/c14-9-10-1-3-11(4-2-10)12-5-7-13(15)8-6-12/h1-5,7,12H,6,8H2. The Hall–Kier alpha value is -1.88. The van der Waals surface area contributed by atoms with E-state index in [9.17, 15) is 4.79 Å². The number of nitrogens with zero attached hydrogens (tertiary/aromatic N) is 1. The average molecular weight is 197 g/mol. The van der Waals surface area contributed by atoms with Crippen LogP contribution in [-0.2, 0) is 4.79 Å². The molecule has 2 heteroatoms. The zero-order valence-corrected chi connectivity index (χ0v) is 8.31. The van der Waals surface area contributed by atoms with Crippen LogP contribution in [0, 0.1) is 11.3 Å². The molecule has 74 valence electrons. The number of hydrogen-bond acceptors (Lipinski definition) is 2. The highest BCUT2D eigenvalue weighted by molar-refractivity contribution is 5.90. The van der Waals surface area contributed by atoms with Gasteiger partial charge in [0.2, 0.25) is 0 Å². The van der Waals surface area contributed by atoms with Gasteiger partial charge < -0.3 is 0 Å². The Morgan fingerprint density at radius 1 is 1.27 bits per heavy atom. The van der Waals surface area contributed by atoms with Crippen LogP contribution < -0.4 is 0 Å². The lowest BCUT2D eigenvalue weighted by Crippen LogP contribution is -2.06. The predicted octanol–water partition coefficient (Wildman–Crippen LogP) is 2.56. The molecule has 0 heterocycles. The summed E-state index contributed by atoms with van der Waals surface area (Å²) < 4.78 is 0. The number of hydrogen-bond donors (Lipinski definition) is 0. The summed E-state index contributed by atoms with van der Waals surface area (Å²) in [4.78, 5) is 11.0. The molecule has 0 saturated heterocycles. The van der Waals surface area contributed by atoms with Crippen LogP contribution in [0.3, 0.4) is 0 Å². The van der Waals surface area contributed by atoms with Crippen molar-refractivity contribution in [1.82, 2.24) is 0 Å². The van der Waals surface area contributed by atoms with Gasteiger partial charge in [0.05, 0.1) is 11.6 Å². The minimum absolute atomic E-state index is 0.208. The van der Waals surface area contributed by atoms with Crippen LogP contribution in [0.25, 0.3) is 0 Å². The summed E-state index contributed by atoms with van der Waals surface area (Å²) in [6.45, 7) is 0. The Kier molecular flexibility index (Phi) is 2.64. The predicted molar refractivity (Wildman–Crippen MR) is 57.3 cm³/mol. The van der Waals surface area contributed by atoms with E-state index >= 15 is 0 Å². The first-order valence-corrected chi connectivity index (χ1v) is 5.00. The molecule has 0 aliphatic heterocycles. The number of rotatable bonds is 1. The molecule has 1 aliphatic carbocycles. The second-order valence-corrected chi connectivity index (χ2v) is 3.70. The van der Waals surface area contributed by atoms with E-state index in [0.29, 0.717) is 17.9 Å². The van der Waals surface area contributed by atoms with E-state index in [-0.39, 0.29) is 5.78 Å². The van der Waals surface area contributed by atoms with Gasteiger partial charge in [-0.25, -0.2) is 0 Å². The third kappa shape index (κ3) is 2.13. The van der Waals surface area contributed by atoms with Crippen molar-refractivity contribution < 1.29 is 4.79 Å². The summed E-state index contributed by atoms with van der Waals surface area (Å²) >= 11 is 0. The quantitative estimate of drug-likeness (QED) is 0.694. The van der Waals surface area contributed by atoms with Gasteiger partial charge in [-0.1, -0.05) is 18.2 Å². The fourth-order valence-electron chi connectivity index (χ4n) is 1.78. The van der Waals surface area contributed by atoms with Crippen LogP contribution in [0.5, 0.6) is 0 Å². The lowest BCUT2D eigenvalue weighted by Gasteiger charge is -2.15. The van der Waals surface area contributed by atoms with Crippen LogP contribution in [-0.4, -0.2) is 5.78 Å². The van der Waals surface area contributed by atoms with Gasteiger partial charge in [-0.15, -0.1) is 0 Å². The molecular formula is C13H11NO. The fourth-order valence-corrected chi connectivity index (χ4v) is 1.78. The Balaban J connectivity index is 2.20. The molecule has 1 unspecified atom stereocenters. The zero-order valence-electron chi connectivity index (χ0n) is 8.31. The summed E-state index contributed by atoms with van der Waals surface area (Å²) in [6.07, 6.45) is 5.11. The van der Waals surface area contributed by atoms with Gasteiger partial charge in [-0.2, -0.15) is 5.26 Å². The number of carbonyl (C=O) groups excluding carboxylic acids is 1. The Labute approximate surface area is 88.8 Å². The topological polar surface area (TPSA) is 40.9 Å². The number of ketones is 1. The van der Waals surface area contributed by atoms with Crippen molar-refractivity contribution in [3.63, 3.8) is 0 Å². The van der Waals surface area contributed by atoms with Crippen LogP contribution >= 0.6 is 0 Å². The highest BCUT2D eigenvalue weighted by Crippen LogP contribution is 2.26. The first kappa shape index (κ1) is 9.67. The van der Waals surface area contributed by atoms with Crippen molar-refractivity contribution in [2.75, 3.05) is 0 Å². The zero-order chi connectivity index (χ0) is 10.7. The molecule has 1 aromatic rings. The average Bonchev–Trinajstić information content (AvgIpc) is 2.30.